The molecule has 0 rings (SSSR count). The molecule has 0 amide bonds. The Morgan fingerprint density at radius 3 is 2.00 bits per heavy atom. The molecule has 0 bridgehead atoms. The normalized spacial score (nSPS) is 14.8. The molecule has 0 aliphatic rings. The molecule has 0 saturated carbocycles. The van der Waals surface area contributed by atoms with Gasteiger partial charge in [-0.15, -0.1) is 0 Å². The Morgan fingerprint density at radius 2 is 1.47 bits per heavy atom. The summed E-state index contributed by atoms with van der Waals surface area (Å²) in [5, 5.41) is 0. The molecule has 0 aliphatic carbocycles. The minimum atomic E-state index is -2.79. The van der Waals surface area contributed by atoms with E-state index in [9.17, 15) is 4.57 Å². The first-order valence-corrected chi connectivity index (χ1v) is 8.70. The van der Waals surface area contributed by atoms with Crippen molar-refractivity contribution in [2.75, 3.05) is 19.9 Å². The van der Waals surface area contributed by atoms with Gasteiger partial charge >= 0.3 is 7.60 Å². The summed E-state index contributed by atoms with van der Waals surface area (Å²) in [6, 6.07) is 0. The Balaban J connectivity index is 3.66. The van der Waals surface area contributed by atoms with Crippen molar-refractivity contribution >= 4 is 7.60 Å². The maximum atomic E-state index is 12.1. The van der Waals surface area contributed by atoms with E-state index in [4.69, 9.17) is 9.05 Å². The van der Waals surface area contributed by atoms with Crippen molar-refractivity contribution < 1.29 is 13.6 Å². The largest absolute Gasteiger partial charge is 0.330 e. The highest BCUT2D eigenvalue weighted by atomic mass is 31.2. The maximum absolute atomic E-state index is 12.1. The lowest BCUT2D eigenvalue weighted by Gasteiger charge is -2.16. The topological polar surface area (TPSA) is 35.5 Å². The third-order valence-electron chi connectivity index (χ3n) is 2.85. The number of rotatable bonds is 12. The van der Waals surface area contributed by atoms with E-state index >= 15 is 0 Å². The summed E-state index contributed by atoms with van der Waals surface area (Å²) >= 11 is 0. The minimum absolute atomic E-state index is 0.567. The van der Waals surface area contributed by atoms with Crippen LogP contribution in [0.2, 0.25) is 0 Å². The van der Waals surface area contributed by atoms with E-state index in [-0.39, 0.29) is 0 Å². The van der Waals surface area contributed by atoms with Gasteiger partial charge in [-0.05, 0) is 12.8 Å². The zero-order chi connectivity index (χ0) is 13.0. The van der Waals surface area contributed by atoms with Crippen LogP contribution in [0, 0.1) is 0 Å². The third kappa shape index (κ3) is 9.82. The lowest BCUT2D eigenvalue weighted by molar-refractivity contribution is 0.228. The third-order valence-corrected chi connectivity index (χ3v) is 4.85. The molecule has 3 nitrogen and oxygen atoms in total. The summed E-state index contributed by atoms with van der Waals surface area (Å²) in [7, 11) is -1.30. The van der Waals surface area contributed by atoms with Crippen LogP contribution in [0.15, 0.2) is 0 Å². The summed E-state index contributed by atoms with van der Waals surface area (Å²) in [6.45, 7) is 4.91. The highest BCUT2D eigenvalue weighted by Crippen LogP contribution is 2.48. The van der Waals surface area contributed by atoms with Crippen LogP contribution < -0.4 is 0 Å². The predicted octanol–water partition coefficient (Wildman–Crippen LogP) is 5.00. The van der Waals surface area contributed by atoms with Crippen molar-refractivity contribution in [3.8, 4) is 0 Å². The SMILES string of the molecule is CCCCCCOP(=O)(CCCCCC)OC. The van der Waals surface area contributed by atoms with E-state index in [1.54, 1.807) is 0 Å². The van der Waals surface area contributed by atoms with E-state index in [0.717, 1.165) is 25.7 Å². The molecule has 0 radical (unpaired) electrons. The van der Waals surface area contributed by atoms with Crippen molar-refractivity contribution in [2.24, 2.45) is 0 Å². The van der Waals surface area contributed by atoms with Crippen LogP contribution in [0.4, 0.5) is 0 Å². The van der Waals surface area contributed by atoms with Crippen LogP contribution in [0.1, 0.15) is 65.2 Å². The van der Waals surface area contributed by atoms with Gasteiger partial charge in [0.25, 0.3) is 0 Å². The zero-order valence-corrected chi connectivity index (χ0v) is 12.6. The lowest BCUT2D eigenvalue weighted by atomic mass is 10.2. The van der Waals surface area contributed by atoms with Crippen LogP contribution in [0.3, 0.4) is 0 Å². The molecule has 0 N–H and O–H groups in total. The molecule has 1 atom stereocenters. The molecule has 0 aromatic heterocycles. The standard InChI is InChI=1S/C13H29O3P/c1-4-6-8-10-12-16-17(14,15-3)13-11-9-7-5-2/h4-13H2,1-3H3. The van der Waals surface area contributed by atoms with Gasteiger partial charge in [-0.1, -0.05) is 52.4 Å². The van der Waals surface area contributed by atoms with E-state index in [2.05, 4.69) is 13.8 Å². The van der Waals surface area contributed by atoms with Crippen LogP contribution in [0.25, 0.3) is 0 Å². The van der Waals surface area contributed by atoms with Gasteiger partial charge in [0.2, 0.25) is 0 Å². The first-order valence-electron chi connectivity index (χ1n) is 6.98. The van der Waals surface area contributed by atoms with Gasteiger partial charge in [0, 0.05) is 7.11 Å². The summed E-state index contributed by atoms with van der Waals surface area (Å²) in [6.07, 6.45) is 9.56. The molecule has 4 heteroatoms. The van der Waals surface area contributed by atoms with Crippen molar-refractivity contribution in [1.29, 1.82) is 0 Å². The van der Waals surface area contributed by atoms with Gasteiger partial charge in [0.15, 0.2) is 0 Å². The molecule has 0 fully saturated rings. The molecule has 104 valence electrons. The van der Waals surface area contributed by atoms with Gasteiger partial charge in [0.1, 0.15) is 0 Å². The number of hydrogen-bond donors (Lipinski definition) is 0. The monoisotopic (exact) mass is 264 g/mol. The van der Waals surface area contributed by atoms with E-state index < -0.39 is 7.60 Å². The Bertz CT molecular complexity index is 207. The molecule has 17 heavy (non-hydrogen) atoms. The van der Waals surface area contributed by atoms with Crippen molar-refractivity contribution in [3.63, 3.8) is 0 Å². The van der Waals surface area contributed by atoms with Gasteiger partial charge in [-0.2, -0.15) is 0 Å². The first kappa shape index (κ1) is 17.2. The van der Waals surface area contributed by atoms with E-state index in [0.29, 0.717) is 12.8 Å². The van der Waals surface area contributed by atoms with Gasteiger partial charge in [0.05, 0.1) is 12.8 Å². The molecular formula is C13H29O3P. The van der Waals surface area contributed by atoms with Crippen LogP contribution in [-0.4, -0.2) is 19.9 Å². The molecular weight excluding hydrogens is 235 g/mol. The molecule has 0 spiro atoms. The Kier molecular flexibility index (Phi) is 11.4. The highest BCUT2D eigenvalue weighted by Gasteiger charge is 2.21. The van der Waals surface area contributed by atoms with E-state index in [1.165, 1.54) is 32.8 Å². The average molecular weight is 264 g/mol. The number of unbranched alkanes of at least 4 members (excludes halogenated alkanes) is 6. The van der Waals surface area contributed by atoms with Gasteiger partial charge in [-0.25, -0.2) is 0 Å². The second-order valence-corrected chi connectivity index (χ2v) is 6.76. The molecule has 1 unspecified atom stereocenters. The Morgan fingerprint density at radius 1 is 0.882 bits per heavy atom. The van der Waals surface area contributed by atoms with Gasteiger partial charge in [-0.3, -0.25) is 4.57 Å². The molecule has 0 aliphatic heterocycles. The fourth-order valence-corrected chi connectivity index (χ4v) is 3.11. The second kappa shape index (κ2) is 11.3. The van der Waals surface area contributed by atoms with Crippen LogP contribution >= 0.6 is 7.60 Å². The Labute approximate surface area is 107 Å². The smallest absolute Gasteiger partial charge is 0.312 e. The fourth-order valence-electron chi connectivity index (χ4n) is 1.67. The summed E-state index contributed by atoms with van der Waals surface area (Å²) < 4.78 is 22.6. The fraction of sp³-hybridized carbons (Fsp3) is 1.00. The molecule has 0 heterocycles. The van der Waals surface area contributed by atoms with Crippen LogP contribution in [-0.2, 0) is 13.6 Å². The first-order chi connectivity index (χ1) is 8.18. The van der Waals surface area contributed by atoms with E-state index in [1.807, 2.05) is 0 Å². The highest BCUT2D eigenvalue weighted by molar-refractivity contribution is 7.53. The minimum Gasteiger partial charge on any atom is -0.312 e. The number of hydrogen-bond acceptors (Lipinski definition) is 3. The van der Waals surface area contributed by atoms with Crippen molar-refractivity contribution in [1.82, 2.24) is 0 Å². The second-order valence-electron chi connectivity index (χ2n) is 4.47. The quantitative estimate of drug-likeness (QED) is 0.367. The molecule has 0 saturated heterocycles. The lowest BCUT2D eigenvalue weighted by Crippen LogP contribution is -2.00. The average Bonchev–Trinajstić information content (AvgIpc) is 2.34. The summed E-state index contributed by atoms with van der Waals surface area (Å²) in [4.78, 5) is 0. The summed E-state index contributed by atoms with van der Waals surface area (Å²) in [5.41, 5.74) is 0. The van der Waals surface area contributed by atoms with Crippen molar-refractivity contribution in [2.45, 2.75) is 65.2 Å². The Hall–Kier alpha value is 0.150. The summed E-state index contributed by atoms with van der Waals surface area (Å²) in [5.74, 6) is 0. The van der Waals surface area contributed by atoms with Gasteiger partial charge < -0.3 is 9.05 Å². The molecule has 0 aromatic rings. The predicted molar refractivity (Wildman–Crippen MR) is 73.7 cm³/mol. The van der Waals surface area contributed by atoms with Crippen molar-refractivity contribution in [3.05, 3.63) is 0 Å². The molecule has 0 aromatic carbocycles. The van der Waals surface area contributed by atoms with Crippen LogP contribution in [0.5, 0.6) is 0 Å². The maximum Gasteiger partial charge on any atom is 0.330 e. The zero-order valence-electron chi connectivity index (χ0n) is 11.7.